The smallest absolute Gasteiger partial charge is 0.118 e. The number of hydrogen-bond acceptors (Lipinski definition) is 1. The molecule has 29 heavy (non-hydrogen) atoms. The van der Waals surface area contributed by atoms with Crippen molar-refractivity contribution in [1.82, 2.24) is 0 Å². The Balaban J connectivity index is 1.80. The van der Waals surface area contributed by atoms with Gasteiger partial charge in [0.05, 0.1) is 8.07 Å². The third kappa shape index (κ3) is 3.30. The van der Waals surface area contributed by atoms with Gasteiger partial charge in [0.1, 0.15) is 5.75 Å². The highest BCUT2D eigenvalue weighted by Crippen LogP contribution is 2.57. The van der Waals surface area contributed by atoms with Crippen LogP contribution in [0.3, 0.4) is 0 Å². The second-order valence-electron chi connectivity index (χ2n) is 11.1. The van der Waals surface area contributed by atoms with Crippen LogP contribution in [0.2, 0.25) is 18.6 Å². The van der Waals surface area contributed by atoms with Gasteiger partial charge in [-0.3, -0.25) is 0 Å². The van der Waals surface area contributed by atoms with Crippen LogP contribution in [0, 0.1) is 18.8 Å². The molecule has 4 atom stereocenters. The number of phenolic OH excluding ortho intramolecular Hbond substituents is 1. The number of aromatic hydroxyl groups is 1. The lowest BCUT2D eigenvalue weighted by Crippen LogP contribution is -2.49. The number of rotatable bonds is 2. The van der Waals surface area contributed by atoms with Gasteiger partial charge < -0.3 is 5.11 Å². The molecule has 0 aromatic heterocycles. The van der Waals surface area contributed by atoms with E-state index in [1.165, 1.54) is 28.3 Å². The van der Waals surface area contributed by atoms with Crippen LogP contribution in [0.15, 0.2) is 42.5 Å². The highest BCUT2D eigenvalue weighted by molar-refractivity contribution is 6.91. The number of phenols is 1. The summed E-state index contributed by atoms with van der Waals surface area (Å²) in [6, 6.07) is 13.4. The summed E-state index contributed by atoms with van der Waals surface area (Å²) in [5.41, 5.74) is 5.88. The minimum Gasteiger partial charge on any atom is -0.508 e. The maximum absolute atomic E-state index is 11.4. The third-order valence-corrected chi connectivity index (χ3v) is 12.0. The van der Waals surface area contributed by atoms with Crippen LogP contribution in [-0.4, -0.2) is 13.2 Å². The molecule has 4 rings (SSSR count). The van der Waals surface area contributed by atoms with Crippen molar-refractivity contribution in [2.45, 2.75) is 71.0 Å². The van der Waals surface area contributed by atoms with Crippen molar-refractivity contribution in [3.05, 3.63) is 64.7 Å². The van der Waals surface area contributed by atoms with Gasteiger partial charge in [-0.1, -0.05) is 94.9 Å². The van der Waals surface area contributed by atoms with Crippen LogP contribution in [0.5, 0.6) is 5.75 Å². The molecule has 1 saturated carbocycles. The van der Waals surface area contributed by atoms with Gasteiger partial charge in [-0.2, -0.15) is 0 Å². The number of aryl methyl sites for hydroxylation is 1. The van der Waals surface area contributed by atoms with Crippen molar-refractivity contribution in [1.29, 1.82) is 0 Å². The Morgan fingerprint density at radius 1 is 1.07 bits per heavy atom. The lowest BCUT2D eigenvalue weighted by molar-refractivity contribution is 0.449. The van der Waals surface area contributed by atoms with E-state index in [4.69, 9.17) is 0 Å². The van der Waals surface area contributed by atoms with E-state index < -0.39 is 8.07 Å². The van der Waals surface area contributed by atoms with Gasteiger partial charge >= 0.3 is 0 Å². The molecule has 2 heteroatoms. The Hall–Kier alpha value is -1.80. The van der Waals surface area contributed by atoms with Crippen molar-refractivity contribution < 1.29 is 5.11 Å². The van der Waals surface area contributed by atoms with Gasteiger partial charge in [0, 0.05) is 0 Å². The maximum atomic E-state index is 11.4. The van der Waals surface area contributed by atoms with Crippen LogP contribution < -0.4 is 5.19 Å². The van der Waals surface area contributed by atoms with Gasteiger partial charge in [-0.05, 0) is 63.9 Å². The van der Waals surface area contributed by atoms with Crippen molar-refractivity contribution in [3.8, 4) is 5.75 Å². The Labute approximate surface area is 177 Å². The number of hydrogen-bond donors (Lipinski definition) is 1. The van der Waals surface area contributed by atoms with Crippen LogP contribution in [0.25, 0.3) is 6.08 Å². The zero-order chi connectivity index (χ0) is 21.1. The predicted octanol–water partition coefficient (Wildman–Crippen LogP) is 6.75. The monoisotopic (exact) mass is 404 g/mol. The average molecular weight is 405 g/mol. The van der Waals surface area contributed by atoms with E-state index in [-0.39, 0.29) is 5.41 Å². The summed E-state index contributed by atoms with van der Waals surface area (Å²) in [6.07, 6.45) is 6.10. The highest BCUT2D eigenvalue weighted by Gasteiger charge is 2.51. The predicted molar refractivity (Wildman–Crippen MR) is 128 cm³/mol. The van der Waals surface area contributed by atoms with E-state index in [0.29, 0.717) is 29.0 Å². The second kappa shape index (κ2) is 6.87. The van der Waals surface area contributed by atoms with E-state index in [2.05, 4.69) is 96.3 Å². The molecule has 0 heterocycles. The van der Waals surface area contributed by atoms with Crippen molar-refractivity contribution in [3.63, 3.8) is 0 Å². The van der Waals surface area contributed by atoms with E-state index in [1.54, 1.807) is 0 Å². The van der Waals surface area contributed by atoms with Gasteiger partial charge in [0.25, 0.3) is 0 Å². The molecule has 154 valence electrons. The van der Waals surface area contributed by atoms with Gasteiger partial charge in [-0.15, -0.1) is 0 Å². The summed E-state index contributed by atoms with van der Waals surface area (Å²) < 4.78 is 0. The van der Waals surface area contributed by atoms with Crippen LogP contribution in [-0.2, 0) is 5.41 Å². The summed E-state index contributed by atoms with van der Waals surface area (Å²) in [6.45, 7) is 16.2. The fraction of sp³-hybridized carbons (Fsp3) is 0.481. The summed E-state index contributed by atoms with van der Waals surface area (Å²) in [4.78, 5) is 0. The first-order valence-corrected chi connectivity index (χ1v) is 14.2. The van der Waals surface area contributed by atoms with Crippen LogP contribution >= 0.6 is 0 Å². The molecule has 2 aromatic rings. The molecular formula is C27H36OSi. The Bertz CT molecular complexity index is 963. The molecule has 2 aliphatic carbocycles. The van der Waals surface area contributed by atoms with Gasteiger partial charge in [0.2, 0.25) is 0 Å². The van der Waals surface area contributed by atoms with E-state index in [0.717, 1.165) is 5.56 Å². The quantitative estimate of drug-likeness (QED) is 0.549. The number of benzene rings is 2. The summed E-state index contributed by atoms with van der Waals surface area (Å²) in [7, 11) is -1.93. The van der Waals surface area contributed by atoms with E-state index in [9.17, 15) is 5.11 Å². The summed E-state index contributed by atoms with van der Waals surface area (Å²) in [5.74, 6) is 2.44. The zero-order valence-electron chi connectivity index (χ0n) is 19.1. The van der Waals surface area contributed by atoms with Gasteiger partial charge in [-0.25, -0.2) is 0 Å². The fourth-order valence-electron chi connectivity index (χ4n) is 6.35. The lowest BCUT2D eigenvalue weighted by Gasteiger charge is -2.39. The molecule has 0 bridgehead atoms. The molecule has 0 saturated heterocycles. The third-order valence-electron chi connectivity index (χ3n) is 7.60. The molecule has 2 aromatic carbocycles. The Morgan fingerprint density at radius 3 is 2.45 bits per heavy atom. The normalized spacial score (nSPS) is 26.3. The molecular weight excluding hydrogens is 368 g/mol. The van der Waals surface area contributed by atoms with Crippen molar-refractivity contribution in [2.75, 3.05) is 0 Å². The van der Waals surface area contributed by atoms with E-state index in [1.807, 2.05) is 0 Å². The molecule has 2 aliphatic rings. The molecule has 0 amide bonds. The SMILES string of the molecule is Cc1cc(C(C)(C)C)c(O)c([Si](C)(C)C2C3C=Cc4ccccc4C3C[C@H]2C)c1. The summed E-state index contributed by atoms with van der Waals surface area (Å²) in [5, 5.41) is 12.7. The van der Waals surface area contributed by atoms with Gasteiger partial charge in [0.15, 0.2) is 0 Å². The zero-order valence-corrected chi connectivity index (χ0v) is 20.1. The average Bonchev–Trinajstić information content (AvgIpc) is 2.99. The Kier molecular flexibility index (Phi) is 4.85. The minimum atomic E-state index is -1.93. The standard InChI is InChI=1S/C27H36OSi/c1-17-14-23(27(3,4)5)25(28)24(15-17)29(6,7)26-18(2)16-22-20-11-9-8-10-19(20)12-13-21(22)26/h8-15,18,21-22,26,28H,16H2,1-7H3/t18-,21?,22?,26?/m1/s1. The molecule has 1 nitrogen and oxygen atoms in total. The lowest BCUT2D eigenvalue weighted by atomic mass is 9.81. The minimum absolute atomic E-state index is 0.0527. The molecule has 1 N–H and O–H groups in total. The number of allylic oxidation sites excluding steroid dienone is 1. The van der Waals surface area contributed by atoms with Crippen molar-refractivity contribution >= 4 is 19.3 Å². The molecule has 0 spiro atoms. The van der Waals surface area contributed by atoms with Crippen LogP contribution in [0.4, 0.5) is 0 Å². The maximum Gasteiger partial charge on any atom is 0.118 e. The van der Waals surface area contributed by atoms with Crippen molar-refractivity contribution in [2.24, 2.45) is 11.8 Å². The largest absolute Gasteiger partial charge is 0.508 e. The molecule has 3 unspecified atom stereocenters. The first kappa shape index (κ1) is 20.5. The van der Waals surface area contributed by atoms with Crippen LogP contribution in [0.1, 0.15) is 62.3 Å². The fourth-order valence-corrected chi connectivity index (χ4v) is 10.9. The highest BCUT2D eigenvalue weighted by atomic mass is 28.3. The number of fused-ring (bicyclic) bond motifs is 3. The first-order chi connectivity index (χ1) is 13.5. The topological polar surface area (TPSA) is 20.2 Å². The molecule has 0 aliphatic heterocycles. The first-order valence-electron chi connectivity index (χ1n) is 11.1. The second-order valence-corrected chi connectivity index (χ2v) is 15.7. The summed E-state index contributed by atoms with van der Waals surface area (Å²) >= 11 is 0. The molecule has 0 radical (unpaired) electrons. The Morgan fingerprint density at radius 2 is 1.76 bits per heavy atom. The molecule has 1 fully saturated rings. The van der Waals surface area contributed by atoms with E-state index >= 15 is 0 Å².